The van der Waals surface area contributed by atoms with Gasteiger partial charge in [-0.3, -0.25) is 4.79 Å². The number of rotatable bonds is 1. The number of fused-ring (bicyclic) bond motifs is 1. The van der Waals surface area contributed by atoms with Crippen molar-refractivity contribution in [1.29, 1.82) is 0 Å². The Morgan fingerprint density at radius 3 is 3.08 bits per heavy atom. The number of hydrogen-bond acceptors (Lipinski definition) is 1. The van der Waals surface area contributed by atoms with Gasteiger partial charge in [0.1, 0.15) is 0 Å². The van der Waals surface area contributed by atoms with Gasteiger partial charge in [-0.1, -0.05) is 0 Å². The molecule has 0 bridgehead atoms. The molecule has 2 heteroatoms. The van der Waals surface area contributed by atoms with E-state index in [4.69, 9.17) is 0 Å². The van der Waals surface area contributed by atoms with Crippen molar-refractivity contribution in [2.24, 2.45) is 0 Å². The summed E-state index contributed by atoms with van der Waals surface area (Å²) in [5, 5.41) is 0. The molecular weight excluding hydrogens is 150 g/mol. The van der Waals surface area contributed by atoms with E-state index in [-0.39, 0.29) is 0 Å². The molecule has 0 aromatic carbocycles. The second-order valence-corrected chi connectivity index (χ2v) is 2.89. The molecule has 0 radical (unpaired) electrons. The molecule has 2 nitrogen and oxygen atoms in total. The highest BCUT2D eigenvalue weighted by molar-refractivity contribution is 5.86. The van der Waals surface area contributed by atoms with Crippen molar-refractivity contribution in [3.63, 3.8) is 0 Å². The molecule has 0 aliphatic rings. The fourth-order valence-electron chi connectivity index (χ4n) is 1.40. The second kappa shape index (κ2) is 2.48. The summed E-state index contributed by atoms with van der Waals surface area (Å²) in [6, 6.07) is 5.70. The minimum Gasteiger partial charge on any atom is -0.323 e. The van der Waals surface area contributed by atoms with Gasteiger partial charge in [-0.15, -0.1) is 0 Å². The topological polar surface area (TPSA) is 21.5 Å². The number of carbonyl (C=O) groups is 1. The standard InChI is InChI=1S/C10H9NO/c1-8-5-10-9(7-12)3-2-4-11(10)6-8/h2-7H,1H3. The van der Waals surface area contributed by atoms with Gasteiger partial charge >= 0.3 is 0 Å². The molecule has 0 N–H and O–H groups in total. The van der Waals surface area contributed by atoms with Gasteiger partial charge in [-0.05, 0) is 30.7 Å². The molecule has 0 saturated carbocycles. The molecule has 2 aromatic rings. The lowest BCUT2D eigenvalue weighted by Gasteiger charge is -1.94. The maximum atomic E-state index is 10.6. The minimum absolute atomic E-state index is 0.741. The number of carbonyl (C=O) groups excluding carboxylic acids is 1. The Bertz CT molecular complexity index is 428. The van der Waals surface area contributed by atoms with Gasteiger partial charge in [0.15, 0.2) is 6.29 Å². The minimum atomic E-state index is 0.741. The average Bonchev–Trinajstić information content (AvgIpc) is 2.44. The predicted octanol–water partition coefficient (Wildman–Crippen LogP) is 2.06. The van der Waals surface area contributed by atoms with Gasteiger partial charge in [-0.25, -0.2) is 0 Å². The Labute approximate surface area is 70.4 Å². The normalized spacial score (nSPS) is 10.4. The van der Waals surface area contributed by atoms with Crippen LogP contribution in [0.2, 0.25) is 0 Å². The van der Waals surface area contributed by atoms with Crippen LogP contribution < -0.4 is 0 Å². The Hall–Kier alpha value is -1.57. The Balaban J connectivity index is 2.86. The summed E-state index contributed by atoms with van der Waals surface area (Å²) in [5.74, 6) is 0. The number of pyridine rings is 1. The van der Waals surface area contributed by atoms with Gasteiger partial charge in [0.05, 0.1) is 5.52 Å². The van der Waals surface area contributed by atoms with Crippen LogP contribution in [0.25, 0.3) is 5.52 Å². The van der Waals surface area contributed by atoms with Crippen molar-refractivity contribution >= 4 is 11.8 Å². The van der Waals surface area contributed by atoms with Crippen molar-refractivity contribution in [2.75, 3.05) is 0 Å². The molecular formula is C10H9NO. The molecule has 0 fully saturated rings. The summed E-state index contributed by atoms with van der Waals surface area (Å²) in [4.78, 5) is 10.6. The van der Waals surface area contributed by atoms with Gasteiger partial charge in [-0.2, -0.15) is 0 Å². The SMILES string of the molecule is Cc1cc2c(C=O)cccn2c1. The van der Waals surface area contributed by atoms with Crippen LogP contribution in [0.15, 0.2) is 30.6 Å². The summed E-state index contributed by atoms with van der Waals surface area (Å²) in [6.45, 7) is 2.02. The summed E-state index contributed by atoms with van der Waals surface area (Å²) in [5.41, 5.74) is 2.89. The fourth-order valence-corrected chi connectivity index (χ4v) is 1.40. The molecule has 2 rings (SSSR count). The lowest BCUT2D eigenvalue weighted by Crippen LogP contribution is -1.86. The van der Waals surface area contributed by atoms with E-state index in [1.807, 2.05) is 41.9 Å². The third-order valence-electron chi connectivity index (χ3n) is 1.93. The van der Waals surface area contributed by atoms with Crippen molar-refractivity contribution in [3.05, 3.63) is 41.7 Å². The quantitative estimate of drug-likeness (QED) is 0.583. The highest BCUT2D eigenvalue weighted by Crippen LogP contribution is 2.12. The highest BCUT2D eigenvalue weighted by Gasteiger charge is 1.99. The zero-order valence-corrected chi connectivity index (χ0v) is 6.82. The zero-order valence-electron chi connectivity index (χ0n) is 6.82. The first-order valence-electron chi connectivity index (χ1n) is 3.84. The van der Waals surface area contributed by atoms with Crippen LogP contribution in [0.1, 0.15) is 15.9 Å². The van der Waals surface area contributed by atoms with E-state index in [1.165, 1.54) is 5.56 Å². The lowest BCUT2D eigenvalue weighted by atomic mass is 10.2. The molecule has 0 amide bonds. The van der Waals surface area contributed by atoms with Gasteiger partial charge in [0.25, 0.3) is 0 Å². The molecule has 0 atom stereocenters. The van der Waals surface area contributed by atoms with E-state index in [9.17, 15) is 4.79 Å². The van der Waals surface area contributed by atoms with Crippen LogP contribution in [0.3, 0.4) is 0 Å². The number of nitrogens with zero attached hydrogens (tertiary/aromatic N) is 1. The molecule has 0 saturated heterocycles. The molecule has 12 heavy (non-hydrogen) atoms. The van der Waals surface area contributed by atoms with E-state index in [2.05, 4.69) is 0 Å². The second-order valence-electron chi connectivity index (χ2n) is 2.89. The number of hydrogen-bond donors (Lipinski definition) is 0. The maximum absolute atomic E-state index is 10.6. The highest BCUT2D eigenvalue weighted by atomic mass is 16.1. The number of aryl methyl sites for hydroxylation is 1. The zero-order chi connectivity index (χ0) is 8.55. The Kier molecular flexibility index (Phi) is 1.47. The van der Waals surface area contributed by atoms with Gasteiger partial charge in [0.2, 0.25) is 0 Å². The van der Waals surface area contributed by atoms with E-state index in [0.29, 0.717) is 0 Å². The van der Waals surface area contributed by atoms with E-state index >= 15 is 0 Å². The Morgan fingerprint density at radius 2 is 2.33 bits per heavy atom. The monoisotopic (exact) mass is 159 g/mol. The van der Waals surface area contributed by atoms with Crippen molar-refractivity contribution in [2.45, 2.75) is 6.92 Å². The summed E-state index contributed by atoms with van der Waals surface area (Å²) < 4.78 is 1.96. The summed E-state index contributed by atoms with van der Waals surface area (Å²) >= 11 is 0. The molecule has 60 valence electrons. The van der Waals surface area contributed by atoms with Crippen LogP contribution >= 0.6 is 0 Å². The third kappa shape index (κ3) is 0.925. The largest absolute Gasteiger partial charge is 0.323 e. The first-order valence-corrected chi connectivity index (χ1v) is 3.84. The van der Waals surface area contributed by atoms with Crippen LogP contribution in [0.4, 0.5) is 0 Å². The average molecular weight is 159 g/mol. The fraction of sp³-hybridized carbons (Fsp3) is 0.100. The van der Waals surface area contributed by atoms with Crippen molar-refractivity contribution in [1.82, 2.24) is 4.40 Å². The van der Waals surface area contributed by atoms with Crippen LogP contribution in [0, 0.1) is 6.92 Å². The third-order valence-corrected chi connectivity index (χ3v) is 1.93. The first-order chi connectivity index (χ1) is 5.81. The van der Waals surface area contributed by atoms with Crippen LogP contribution in [-0.2, 0) is 0 Å². The smallest absolute Gasteiger partial charge is 0.152 e. The molecule has 0 spiro atoms. The van der Waals surface area contributed by atoms with Crippen LogP contribution in [-0.4, -0.2) is 10.7 Å². The van der Waals surface area contributed by atoms with Crippen molar-refractivity contribution in [3.8, 4) is 0 Å². The first kappa shape index (κ1) is 7.10. The summed E-state index contributed by atoms with van der Waals surface area (Å²) in [6.07, 6.45) is 4.83. The molecule has 2 aromatic heterocycles. The summed E-state index contributed by atoms with van der Waals surface area (Å²) in [7, 11) is 0. The molecule has 0 aliphatic heterocycles. The predicted molar refractivity (Wildman–Crippen MR) is 47.5 cm³/mol. The lowest BCUT2D eigenvalue weighted by molar-refractivity contribution is 0.112. The van der Waals surface area contributed by atoms with Gasteiger partial charge < -0.3 is 4.40 Å². The van der Waals surface area contributed by atoms with Gasteiger partial charge in [0, 0.05) is 18.0 Å². The van der Waals surface area contributed by atoms with Crippen molar-refractivity contribution < 1.29 is 4.79 Å². The van der Waals surface area contributed by atoms with E-state index in [0.717, 1.165) is 17.4 Å². The molecule has 0 aliphatic carbocycles. The Morgan fingerprint density at radius 1 is 1.50 bits per heavy atom. The molecule has 0 unspecified atom stereocenters. The number of aldehydes is 1. The van der Waals surface area contributed by atoms with E-state index < -0.39 is 0 Å². The maximum Gasteiger partial charge on any atom is 0.152 e. The van der Waals surface area contributed by atoms with E-state index in [1.54, 1.807) is 0 Å². The number of aromatic nitrogens is 1. The van der Waals surface area contributed by atoms with Crippen LogP contribution in [0.5, 0.6) is 0 Å². The molecule has 2 heterocycles.